The highest BCUT2D eigenvalue weighted by atomic mass is 19.1. The van der Waals surface area contributed by atoms with Crippen LogP contribution >= 0.6 is 0 Å². The van der Waals surface area contributed by atoms with Gasteiger partial charge in [0, 0.05) is 46.5 Å². The van der Waals surface area contributed by atoms with Crippen molar-refractivity contribution in [2.45, 2.75) is 6.42 Å². The average molecular weight is 372 g/mol. The molecule has 2 N–H and O–H groups in total. The molecule has 144 valence electrons. The third-order valence-electron chi connectivity index (χ3n) is 3.73. The van der Waals surface area contributed by atoms with Crippen LogP contribution in [0, 0.1) is 5.82 Å². The molecular weight excluding hydrogens is 347 g/mol. The zero-order valence-electron chi connectivity index (χ0n) is 16.1. The van der Waals surface area contributed by atoms with Crippen molar-refractivity contribution in [1.82, 2.24) is 9.78 Å². The Hall–Kier alpha value is -3.00. The van der Waals surface area contributed by atoms with Crippen molar-refractivity contribution in [3.05, 3.63) is 47.8 Å². The quantitative estimate of drug-likeness (QED) is 0.599. The van der Waals surface area contributed by atoms with E-state index in [1.807, 2.05) is 19.0 Å². The van der Waals surface area contributed by atoms with Crippen LogP contribution in [0.25, 0.3) is 0 Å². The van der Waals surface area contributed by atoms with E-state index in [1.54, 1.807) is 37.1 Å². The Labute approximate surface area is 158 Å². The Morgan fingerprint density at radius 1 is 1.41 bits per heavy atom. The summed E-state index contributed by atoms with van der Waals surface area (Å²) in [5.41, 5.74) is 6.86. The van der Waals surface area contributed by atoms with Crippen LogP contribution in [0.3, 0.4) is 0 Å². The molecule has 0 fully saturated rings. The maximum absolute atomic E-state index is 13.8. The number of benzene rings is 1. The number of ether oxygens (including phenoxy) is 1. The fraction of sp³-hybridized carbons (Fsp3) is 0.316. The number of aryl methyl sites for hydroxylation is 1. The van der Waals surface area contributed by atoms with E-state index >= 15 is 0 Å². The SMILES string of the molecule is C=C(/C=N\C(=N/C)c1ccc(F)cc1Oc1cc(N(C)C)nn1C)CCN. The normalized spacial score (nSPS) is 11.9. The van der Waals surface area contributed by atoms with E-state index in [4.69, 9.17) is 10.5 Å². The molecule has 2 rings (SSSR count). The molecule has 0 atom stereocenters. The number of aliphatic imine (C=N–C) groups is 2. The van der Waals surface area contributed by atoms with Crippen molar-refractivity contribution in [2.75, 3.05) is 32.6 Å². The Balaban J connectivity index is 2.38. The topological polar surface area (TPSA) is 81.0 Å². The summed E-state index contributed by atoms with van der Waals surface area (Å²) >= 11 is 0. The standard InChI is InChI=1S/C19H25FN6O/c1-13(8-9-21)12-23-19(22-2)15-7-6-14(20)10-16(15)27-18-11-17(25(3)4)24-26(18)5/h6-7,10-12H,1,8-9,21H2,2-5H3/b22-19-,23-12-. The molecule has 0 amide bonds. The predicted octanol–water partition coefficient (Wildman–Crippen LogP) is 2.77. The molecule has 1 aromatic heterocycles. The first-order chi connectivity index (χ1) is 12.8. The van der Waals surface area contributed by atoms with Gasteiger partial charge in [-0.3, -0.25) is 4.99 Å². The van der Waals surface area contributed by atoms with Gasteiger partial charge < -0.3 is 15.4 Å². The Bertz CT molecular complexity index is 869. The second kappa shape index (κ2) is 9.09. The molecule has 1 heterocycles. The third kappa shape index (κ3) is 5.24. The fourth-order valence-electron chi connectivity index (χ4n) is 2.28. The van der Waals surface area contributed by atoms with Crippen LogP contribution in [-0.2, 0) is 7.05 Å². The third-order valence-corrected chi connectivity index (χ3v) is 3.73. The van der Waals surface area contributed by atoms with E-state index in [1.165, 1.54) is 12.1 Å². The molecule has 8 heteroatoms. The van der Waals surface area contributed by atoms with Crippen LogP contribution in [0.5, 0.6) is 11.6 Å². The van der Waals surface area contributed by atoms with Gasteiger partial charge in [0.1, 0.15) is 11.6 Å². The first kappa shape index (κ1) is 20.3. The van der Waals surface area contributed by atoms with Crippen molar-refractivity contribution in [1.29, 1.82) is 0 Å². The highest BCUT2D eigenvalue weighted by molar-refractivity contribution is 6.06. The first-order valence-electron chi connectivity index (χ1n) is 8.43. The maximum atomic E-state index is 13.8. The molecule has 0 bridgehead atoms. The summed E-state index contributed by atoms with van der Waals surface area (Å²) in [7, 11) is 7.12. The zero-order chi connectivity index (χ0) is 20.0. The summed E-state index contributed by atoms with van der Waals surface area (Å²) in [6, 6.07) is 5.99. The number of nitrogens with zero attached hydrogens (tertiary/aromatic N) is 5. The van der Waals surface area contributed by atoms with Crippen LogP contribution in [0.15, 0.2) is 46.4 Å². The number of hydrogen-bond acceptors (Lipinski definition) is 5. The van der Waals surface area contributed by atoms with Crippen LogP contribution in [0.2, 0.25) is 0 Å². The van der Waals surface area contributed by atoms with Gasteiger partial charge in [-0.05, 0) is 30.7 Å². The van der Waals surface area contributed by atoms with E-state index in [2.05, 4.69) is 21.7 Å². The molecule has 27 heavy (non-hydrogen) atoms. The summed E-state index contributed by atoms with van der Waals surface area (Å²) < 4.78 is 21.4. The van der Waals surface area contributed by atoms with Gasteiger partial charge in [0.05, 0.1) is 5.56 Å². The molecule has 0 saturated heterocycles. The van der Waals surface area contributed by atoms with Gasteiger partial charge in [0.2, 0.25) is 5.88 Å². The number of hydrogen-bond donors (Lipinski definition) is 1. The van der Waals surface area contributed by atoms with Gasteiger partial charge >= 0.3 is 0 Å². The van der Waals surface area contributed by atoms with Gasteiger partial charge in [-0.15, -0.1) is 0 Å². The molecule has 1 aromatic carbocycles. The fourth-order valence-corrected chi connectivity index (χ4v) is 2.28. The molecule has 0 spiro atoms. The molecular formula is C19H25FN6O. The Kier molecular flexibility index (Phi) is 6.84. The van der Waals surface area contributed by atoms with Gasteiger partial charge in [-0.2, -0.15) is 5.10 Å². The molecule has 0 aliphatic heterocycles. The lowest BCUT2D eigenvalue weighted by molar-refractivity contribution is 0.426. The predicted molar refractivity (Wildman–Crippen MR) is 108 cm³/mol. The number of aromatic nitrogens is 2. The highest BCUT2D eigenvalue weighted by Crippen LogP contribution is 2.29. The van der Waals surface area contributed by atoms with E-state index in [0.717, 1.165) is 11.4 Å². The second-order valence-electron chi connectivity index (χ2n) is 6.10. The minimum absolute atomic E-state index is 0.297. The second-order valence-corrected chi connectivity index (χ2v) is 6.10. The van der Waals surface area contributed by atoms with Gasteiger partial charge in [-0.25, -0.2) is 14.1 Å². The van der Waals surface area contributed by atoms with E-state index in [9.17, 15) is 4.39 Å². The number of anilines is 1. The largest absolute Gasteiger partial charge is 0.438 e. The maximum Gasteiger partial charge on any atom is 0.219 e. The van der Waals surface area contributed by atoms with Crippen LogP contribution in [0.4, 0.5) is 10.2 Å². The highest BCUT2D eigenvalue weighted by Gasteiger charge is 2.15. The van der Waals surface area contributed by atoms with Crippen molar-refractivity contribution in [3.63, 3.8) is 0 Å². The first-order valence-corrected chi connectivity index (χ1v) is 8.43. The van der Waals surface area contributed by atoms with Gasteiger partial charge in [0.15, 0.2) is 11.7 Å². The summed E-state index contributed by atoms with van der Waals surface area (Å²) in [5, 5.41) is 4.34. The average Bonchev–Trinajstić information content (AvgIpc) is 2.98. The van der Waals surface area contributed by atoms with E-state index < -0.39 is 5.82 Å². The van der Waals surface area contributed by atoms with Crippen LogP contribution in [0.1, 0.15) is 12.0 Å². The minimum atomic E-state index is -0.421. The number of halogens is 1. The smallest absolute Gasteiger partial charge is 0.219 e. The van der Waals surface area contributed by atoms with E-state index in [-0.39, 0.29) is 0 Å². The zero-order valence-corrected chi connectivity index (χ0v) is 16.1. The van der Waals surface area contributed by atoms with Crippen molar-refractivity contribution < 1.29 is 9.13 Å². The van der Waals surface area contributed by atoms with Crippen molar-refractivity contribution >= 4 is 17.9 Å². The monoisotopic (exact) mass is 372 g/mol. The summed E-state index contributed by atoms with van der Waals surface area (Å²) in [6.45, 7) is 4.38. The van der Waals surface area contributed by atoms with Gasteiger partial charge in [-0.1, -0.05) is 6.58 Å². The Morgan fingerprint density at radius 3 is 2.74 bits per heavy atom. The van der Waals surface area contributed by atoms with Crippen molar-refractivity contribution in [2.24, 2.45) is 22.8 Å². The van der Waals surface area contributed by atoms with E-state index in [0.29, 0.717) is 36.0 Å². The summed E-state index contributed by atoms with van der Waals surface area (Å²) in [6.07, 6.45) is 2.24. The summed E-state index contributed by atoms with van der Waals surface area (Å²) in [4.78, 5) is 10.4. The number of nitrogens with two attached hydrogens (primary N) is 1. The Morgan fingerprint density at radius 2 is 2.15 bits per heavy atom. The number of amidine groups is 1. The lowest BCUT2D eigenvalue weighted by Gasteiger charge is -2.11. The molecule has 0 saturated carbocycles. The molecule has 2 aromatic rings. The lowest BCUT2D eigenvalue weighted by atomic mass is 10.1. The molecule has 0 unspecified atom stereocenters. The van der Waals surface area contributed by atoms with Crippen LogP contribution in [-0.4, -0.2) is 49.5 Å². The van der Waals surface area contributed by atoms with Crippen LogP contribution < -0.4 is 15.4 Å². The van der Waals surface area contributed by atoms with Gasteiger partial charge in [0.25, 0.3) is 0 Å². The molecule has 0 aliphatic carbocycles. The molecule has 7 nitrogen and oxygen atoms in total. The number of rotatable bonds is 7. The molecule has 0 aliphatic rings. The minimum Gasteiger partial charge on any atom is -0.438 e. The summed E-state index contributed by atoms with van der Waals surface area (Å²) in [5.74, 6) is 1.47. The molecule has 0 radical (unpaired) electrons. The lowest BCUT2D eigenvalue weighted by Crippen LogP contribution is -2.09. The van der Waals surface area contributed by atoms with Crippen molar-refractivity contribution in [3.8, 4) is 11.6 Å².